The van der Waals surface area contributed by atoms with Gasteiger partial charge in [-0.3, -0.25) is 4.79 Å². The molecule has 1 aromatic carbocycles. The van der Waals surface area contributed by atoms with Crippen molar-refractivity contribution < 1.29 is 14.3 Å². The second-order valence-electron chi connectivity index (χ2n) is 3.80. The van der Waals surface area contributed by atoms with E-state index < -0.39 is 11.8 Å². The lowest BCUT2D eigenvalue weighted by Gasteiger charge is -2.08. The lowest BCUT2D eigenvalue weighted by Crippen LogP contribution is -2.04. The average Bonchev–Trinajstić information content (AvgIpc) is 2.35. The number of hydrogen-bond acceptors (Lipinski definition) is 2. The van der Waals surface area contributed by atoms with Crippen molar-refractivity contribution in [2.75, 3.05) is 0 Å². The minimum absolute atomic E-state index is 0.00810. The number of carboxylic acids is 1. The van der Waals surface area contributed by atoms with Crippen LogP contribution in [0.1, 0.15) is 5.69 Å². The van der Waals surface area contributed by atoms with Crippen molar-refractivity contribution >= 4 is 29.2 Å². The molecule has 0 aliphatic rings. The maximum atomic E-state index is 13.8. The molecule has 2 rings (SSSR count). The number of benzene rings is 1. The van der Waals surface area contributed by atoms with Gasteiger partial charge in [-0.25, -0.2) is 9.37 Å². The zero-order chi connectivity index (χ0) is 14.0. The van der Waals surface area contributed by atoms with E-state index >= 15 is 0 Å². The predicted octanol–water partition coefficient (Wildman–Crippen LogP) is 3.82. The van der Waals surface area contributed by atoms with E-state index in [1.807, 2.05) is 0 Å². The summed E-state index contributed by atoms with van der Waals surface area (Å²) in [5, 5.41) is 9.18. The zero-order valence-corrected chi connectivity index (χ0v) is 11.0. The monoisotopic (exact) mass is 299 g/mol. The van der Waals surface area contributed by atoms with Gasteiger partial charge in [-0.05, 0) is 18.2 Å². The number of halogens is 3. The van der Waals surface area contributed by atoms with Gasteiger partial charge in [0.05, 0.1) is 22.2 Å². The third kappa shape index (κ3) is 3.03. The molecule has 0 amide bonds. The van der Waals surface area contributed by atoms with Crippen LogP contribution in [-0.4, -0.2) is 16.1 Å². The summed E-state index contributed by atoms with van der Waals surface area (Å²) < 4.78 is 13.8. The second-order valence-corrected chi connectivity index (χ2v) is 4.59. The maximum absolute atomic E-state index is 13.8. The van der Waals surface area contributed by atoms with Crippen molar-refractivity contribution in [3.05, 3.63) is 51.9 Å². The smallest absolute Gasteiger partial charge is 0.309 e. The number of carboxylic acid groups (broad SMARTS) is 1. The number of hydrogen-bond donors (Lipinski definition) is 1. The molecule has 0 unspecified atom stereocenters. The third-order valence-electron chi connectivity index (χ3n) is 2.44. The minimum atomic E-state index is -1.04. The molecule has 1 aromatic heterocycles. The molecule has 98 valence electrons. The topological polar surface area (TPSA) is 50.2 Å². The molecule has 6 heteroatoms. The Labute approximate surface area is 118 Å². The van der Waals surface area contributed by atoms with E-state index in [9.17, 15) is 9.18 Å². The van der Waals surface area contributed by atoms with Crippen LogP contribution >= 0.6 is 23.2 Å². The fourth-order valence-corrected chi connectivity index (χ4v) is 2.00. The Morgan fingerprint density at radius 1 is 1.26 bits per heavy atom. The molecule has 0 aliphatic heterocycles. The largest absolute Gasteiger partial charge is 0.481 e. The van der Waals surface area contributed by atoms with E-state index in [0.29, 0.717) is 5.56 Å². The van der Waals surface area contributed by atoms with Crippen LogP contribution in [0.4, 0.5) is 4.39 Å². The van der Waals surface area contributed by atoms with Crippen molar-refractivity contribution in [2.45, 2.75) is 6.42 Å². The van der Waals surface area contributed by atoms with Crippen LogP contribution in [0.5, 0.6) is 0 Å². The minimum Gasteiger partial charge on any atom is -0.481 e. The highest BCUT2D eigenvalue weighted by Crippen LogP contribution is 2.33. The van der Waals surface area contributed by atoms with Crippen LogP contribution in [0.25, 0.3) is 11.3 Å². The average molecular weight is 300 g/mol. The predicted molar refractivity (Wildman–Crippen MR) is 71.0 cm³/mol. The Morgan fingerprint density at radius 2 is 2.00 bits per heavy atom. The number of nitrogens with zero attached hydrogens (tertiary/aromatic N) is 1. The summed E-state index contributed by atoms with van der Waals surface area (Å²) >= 11 is 11.9. The molecular weight excluding hydrogens is 292 g/mol. The number of carbonyl (C=O) groups is 1. The molecule has 1 N–H and O–H groups in total. The Bertz CT molecular complexity index is 647. The molecule has 2 aromatic rings. The summed E-state index contributed by atoms with van der Waals surface area (Å²) in [5.74, 6) is -1.62. The summed E-state index contributed by atoms with van der Waals surface area (Å²) in [4.78, 5) is 14.6. The van der Waals surface area contributed by atoms with Gasteiger partial charge in [-0.15, -0.1) is 0 Å². The van der Waals surface area contributed by atoms with Gasteiger partial charge in [0, 0.05) is 5.56 Å². The summed E-state index contributed by atoms with van der Waals surface area (Å²) in [5.41, 5.74) is 0.574. The van der Waals surface area contributed by atoms with Crippen molar-refractivity contribution in [1.82, 2.24) is 4.98 Å². The van der Waals surface area contributed by atoms with Crippen LogP contribution < -0.4 is 0 Å². The van der Waals surface area contributed by atoms with Crippen molar-refractivity contribution in [1.29, 1.82) is 0 Å². The van der Waals surface area contributed by atoms with E-state index in [1.54, 1.807) is 18.2 Å². The van der Waals surface area contributed by atoms with Gasteiger partial charge in [-0.1, -0.05) is 35.3 Å². The number of pyridine rings is 1. The summed E-state index contributed by atoms with van der Waals surface area (Å²) in [6.07, 6.45) is -0.286. The molecule has 0 aliphatic carbocycles. The van der Waals surface area contributed by atoms with Gasteiger partial charge in [0.25, 0.3) is 0 Å². The normalized spacial score (nSPS) is 10.5. The zero-order valence-electron chi connectivity index (χ0n) is 9.53. The van der Waals surface area contributed by atoms with Gasteiger partial charge in [-0.2, -0.15) is 0 Å². The van der Waals surface area contributed by atoms with Crippen LogP contribution in [0.2, 0.25) is 10.0 Å². The van der Waals surface area contributed by atoms with Gasteiger partial charge in [0.1, 0.15) is 11.5 Å². The van der Waals surface area contributed by atoms with E-state index in [1.165, 1.54) is 6.07 Å². The summed E-state index contributed by atoms with van der Waals surface area (Å²) in [6, 6.07) is 7.26. The summed E-state index contributed by atoms with van der Waals surface area (Å²) in [6.45, 7) is 0. The highest BCUT2D eigenvalue weighted by molar-refractivity contribution is 6.43. The SMILES string of the molecule is O=C(O)Cc1ccc(F)c(-c2cccc(Cl)c2Cl)n1. The standard InChI is InChI=1S/C13H8Cl2FNO2/c14-9-3-1-2-8(12(9)15)13-10(16)5-4-7(17-13)6-11(18)19/h1-5H,6H2,(H,18,19). The van der Waals surface area contributed by atoms with Gasteiger partial charge in [0.2, 0.25) is 0 Å². The molecule has 0 saturated heterocycles. The van der Waals surface area contributed by atoms with Crippen molar-refractivity contribution in [3.8, 4) is 11.3 Å². The fourth-order valence-electron chi connectivity index (χ4n) is 1.61. The van der Waals surface area contributed by atoms with E-state index in [-0.39, 0.29) is 27.9 Å². The Balaban J connectivity index is 2.54. The van der Waals surface area contributed by atoms with Crippen molar-refractivity contribution in [2.24, 2.45) is 0 Å². The highest BCUT2D eigenvalue weighted by atomic mass is 35.5. The van der Waals surface area contributed by atoms with Gasteiger partial charge in [0.15, 0.2) is 0 Å². The molecule has 19 heavy (non-hydrogen) atoms. The fraction of sp³-hybridized carbons (Fsp3) is 0.0769. The molecule has 0 bridgehead atoms. The van der Waals surface area contributed by atoms with Gasteiger partial charge < -0.3 is 5.11 Å². The molecule has 3 nitrogen and oxygen atoms in total. The third-order valence-corrected chi connectivity index (χ3v) is 3.26. The number of aromatic nitrogens is 1. The number of aliphatic carboxylic acids is 1. The Kier molecular flexibility index (Phi) is 4.02. The summed E-state index contributed by atoms with van der Waals surface area (Å²) in [7, 11) is 0. The molecule has 1 heterocycles. The van der Waals surface area contributed by atoms with Gasteiger partial charge >= 0.3 is 5.97 Å². The van der Waals surface area contributed by atoms with E-state index in [4.69, 9.17) is 28.3 Å². The number of rotatable bonds is 3. The van der Waals surface area contributed by atoms with Crippen LogP contribution in [0.3, 0.4) is 0 Å². The molecular formula is C13H8Cl2FNO2. The van der Waals surface area contributed by atoms with E-state index in [2.05, 4.69) is 4.98 Å². The first-order chi connectivity index (χ1) is 8.99. The second kappa shape index (κ2) is 5.55. The molecule has 0 saturated carbocycles. The maximum Gasteiger partial charge on any atom is 0.309 e. The van der Waals surface area contributed by atoms with E-state index in [0.717, 1.165) is 6.07 Å². The lowest BCUT2D eigenvalue weighted by molar-refractivity contribution is -0.136. The first-order valence-electron chi connectivity index (χ1n) is 5.30. The molecule has 0 atom stereocenters. The first-order valence-corrected chi connectivity index (χ1v) is 6.06. The van der Waals surface area contributed by atoms with Crippen LogP contribution in [0.15, 0.2) is 30.3 Å². The Hall–Kier alpha value is -1.65. The first kappa shape index (κ1) is 13.8. The Morgan fingerprint density at radius 3 is 2.68 bits per heavy atom. The molecule has 0 spiro atoms. The van der Waals surface area contributed by atoms with Crippen LogP contribution in [0, 0.1) is 5.82 Å². The van der Waals surface area contributed by atoms with Crippen molar-refractivity contribution in [3.63, 3.8) is 0 Å². The quantitative estimate of drug-likeness (QED) is 0.937. The lowest BCUT2D eigenvalue weighted by atomic mass is 10.1. The molecule has 0 radical (unpaired) electrons. The van der Waals surface area contributed by atoms with Crippen LogP contribution in [-0.2, 0) is 11.2 Å². The molecule has 0 fully saturated rings. The highest BCUT2D eigenvalue weighted by Gasteiger charge is 2.14.